The van der Waals surface area contributed by atoms with E-state index in [1.807, 2.05) is 0 Å². The van der Waals surface area contributed by atoms with Crippen LogP contribution in [0.15, 0.2) is 33.7 Å². The number of carbonyl (C=O) groups is 1. The molecule has 0 bridgehead atoms. The smallest absolute Gasteiger partial charge is 0.360 e. The molecule has 32 heavy (non-hydrogen) atoms. The van der Waals surface area contributed by atoms with Gasteiger partial charge < -0.3 is 9.42 Å². The second-order valence-corrected chi connectivity index (χ2v) is 9.89. The van der Waals surface area contributed by atoms with Gasteiger partial charge in [-0.05, 0) is 43.9 Å². The van der Waals surface area contributed by atoms with E-state index in [9.17, 15) is 26.4 Å². The molecule has 1 aromatic heterocycles. The third kappa shape index (κ3) is 5.15. The van der Waals surface area contributed by atoms with Gasteiger partial charge in [0.05, 0.1) is 5.56 Å². The molecule has 1 unspecified atom stereocenters. The van der Waals surface area contributed by atoms with Crippen molar-refractivity contribution in [2.24, 2.45) is 0 Å². The topological polar surface area (TPSA) is 83.7 Å². The normalized spacial score (nSPS) is 17.2. The fourth-order valence-electron chi connectivity index (χ4n) is 3.87. The summed E-state index contributed by atoms with van der Waals surface area (Å²) in [7, 11) is -3.79. The molecular weight excluding hydrogens is 447 g/mol. The predicted octanol–water partition coefficient (Wildman–Crippen LogP) is 3.73. The van der Waals surface area contributed by atoms with Crippen LogP contribution in [-0.2, 0) is 21.0 Å². The van der Waals surface area contributed by atoms with Crippen LogP contribution in [0.3, 0.4) is 0 Å². The minimum Gasteiger partial charge on any atom is -0.360 e. The van der Waals surface area contributed by atoms with E-state index in [0.29, 0.717) is 24.2 Å². The van der Waals surface area contributed by atoms with E-state index in [2.05, 4.69) is 5.16 Å². The van der Waals surface area contributed by atoms with Crippen molar-refractivity contribution in [2.75, 3.05) is 26.2 Å². The van der Waals surface area contributed by atoms with Crippen LogP contribution in [0.4, 0.5) is 13.2 Å². The third-order valence-corrected chi connectivity index (χ3v) is 7.80. The number of sulfonamides is 1. The fraction of sp³-hybridized carbons (Fsp3) is 0.524. The maximum atomic E-state index is 13.0. The Morgan fingerprint density at radius 2 is 1.78 bits per heavy atom. The van der Waals surface area contributed by atoms with Gasteiger partial charge in [-0.15, -0.1) is 0 Å². The summed E-state index contributed by atoms with van der Waals surface area (Å²) in [6.45, 7) is 5.96. The van der Waals surface area contributed by atoms with E-state index in [1.165, 1.54) is 16.4 Å². The summed E-state index contributed by atoms with van der Waals surface area (Å²) < 4.78 is 70.6. The zero-order valence-corrected chi connectivity index (χ0v) is 19.0. The Labute approximate surface area is 185 Å². The average Bonchev–Trinajstić information content (AvgIpc) is 2.92. The molecule has 0 aliphatic carbocycles. The number of benzene rings is 1. The first-order valence-corrected chi connectivity index (χ1v) is 11.7. The van der Waals surface area contributed by atoms with Gasteiger partial charge in [-0.2, -0.15) is 17.5 Å². The second-order valence-electron chi connectivity index (χ2n) is 8.02. The van der Waals surface area contributed by atoms with Crippen LogP contribution < -0.4 is 0 Å². The van der Waals surface area contributed by atoms with Crippen LogP contribution >= 0.6 is 0 Å². The number of amides is 1. The summed E-state index contributed by atoms with van der Waals surface area (Å²) >= 11 is 0. The van der Waals surface area contributed by atoms with Gasteiger partial charge in [-0.1, -0.05) is 24.2 Å². The monoisotopic (exact) mass is 473 g/mol. The van der Waals surface area contributed by atoms with Crippen LogP contribution in [0.5, 0.6) is 0 Å². The first-order chi connectivity index (χ1) is 14.9. The van der Waals surface area contributed by atoms with Gasteiger partial charge in [0.15, 0.2) is 5.76 Å². The highest BCUT2D eigenvalue weighted by molar-refractivity contribution is 7.89. The lowest BCUT2D eigenvalue weighted by Gasteiger charge is -2.23. The van der Waals surface area contributed by atoms with Crippen LogP contribution in [0.25, 0.3) is 0 Å². The van der Waals surface area contributed by atoms with Crippen molar-refractivity contribution < 1.29 is 30.9 Å². The fourth-order valence-corrected chi connectivity index (χ4v) is 5.63. The number of carbonyl (C=O) groups excluding carboxylic acids is 1. The number of rotatable bonds is 5. The zero-order chi connectivity index (χ0) is 23.7. The molecule has 1 fully saturated rings. The van der Waals surface area contributed by atoms with Gasteiger partial charge in [0, 0.05) is 32.6 Å². The number of hydrogen-bond acceptors (Lipinski definition) is 5. The molecule has 1 aliphatic rings. The quantitative estimate of drug-likeness (QED) is 0.661. The number of hydrogen-bond donors (Lipinski definition) is 0. The number of alkyl halides is 3. The standard InChI is InChI=1S/C21H26F3N3O4S/c1-14(17-5-7-18(8-6-17)21(22,23)24)13-19(28)26-9-4-10-27(12-11-26)32(29,30)20-15(2)25-31-16(20)3/h5-8,14H,4,9-13H2,1-3H3. The molecule has 1 aromatic carbocycles. The van der Waals surface area contributed by atoms with E-state index < -0.39 is 21.8 Å². The highest BCUT2D eigenvalue weighted by atomic mass is 32.2. The lowest BCUT2D eigenvalue weighted by atomic mass is 9.96. The van der Waals surface area contributed by atoms with E-state index in [0.717, 1.165) is 12.1 Å². The molecule has 0 spiro atoms. The van der Waals surface area contributed by atoms with Crippen molar-refractivity contribution in [3.8, 4) is 0 Å². The lowest BCUT2D eigenvalue weighted by Crippen LogP contribution is -2.37. The molecule has 3 rings (SSSR count). The molecule has 1 amide bonds. The van der Waals surface area contributed by atoms with Crippen molar-refractivity contribution >= 4 is 15.9 Å². The van der Waals surface area contributed by atoms with E-state index in [1.54, 1.807) is 25.7 Å². The summed E-state index contributed by atoms with van der Waals surface area (Å²) in [6, 6.07) is 4.81. The maximum Gasteiger partial charge on any atom is 0.416 e. The van der Waals surface area contributed by atoms with Gasteiger partial charge in [0.1, 0.15) is 10.6 Å². The zero-order valence-electron chi connectivity index (χ0n) is 18.1. The average molecular weight is 474 g/mol. The van der Waals surface area contributed by atoms with Crippen molar-refractivity contribution in [2.45, 2.75) is 50.6 Å². The molecule has 1 saturated heterocycles. The molecule has 0 radical (unpaired) electrons. The summed E-state index contributed by atoms with van der Waals surface area (Å²) in [5, 5.41) is 3.72. The summed E-state index contributed by atoms with van der Waals surface area (Å²) in [5.41, 5.74) is 0.209. The van der Waals surface area contributed by atoms with Gasteiger partial charge in [0.2, 0.25) is 15.9 Å². The predicted molar refractivity (Wildman–Crippen MR) is 110 cm³/mol. The van der Waals surface area contributed by atoms with Crippen LogP contribution in [-0.4, -0.2) is 54.9 Å². The summed E-state index contributed by atoms with van der Waals surface area (Å²) in [6.07, 6.45) is -3.80. The van der Waals surface area contributed by atoms with Crippen molar-refractivity contribution in [3.05, 3.63) is 46.8 Å². The SMILES string of the molecule is Cc1noc(C)c1S(=O)(=O)N1CCCN(C(=O)CC(C)c2ccc(C(F)(F)F)cc2)CC1. The largest absolute Gasteiger partial charge is 0.416 e. The molecule has 1 aliphatic heterocycles. The van der Waals surface area contributed by atoms with E-state index in [-0.39, 0.29) is 48.5 Å². The first kappa shape index (κ1) is 24.2. The Morgan fingerprint density at radius 1 is 1.12 bits per heavy atom. The Balaban J connectivity index is 1.63. The molecule has 176 valence electrons. The number of aryl methyl sites for hydroxylation is 2. The minimum absolute atomic E-state index is 0.0632. The molecule has 11 heteroatoms. The molecule has 2 heterocycles. The van der Waals surface area contributed by atoms with E-state index in [4.69, 9.17) is 4.52 Å². The molecule has 0 saturated carbocycles. The lowest BCUT2D eigenvalue weighted by molar-refractivity contribution is -0.137. The summed E-state index contributed by atoms with van der Waals surface area (Å²) in [5.74, 6) is -0.200. The Kier molecular flexibility index (Phi) is 6.99. The molecule has 0 N–H and O–H groups in total. The Bertz CT molecular complexity index is 1050. The third-order valence-electron chi connectivity index (χ3n) is 5.66. The highest BCUT2D eigenvalue weighted by Gasteiger charge is 2.33. The van der Waals surface area contributed by atoms with E-state index >= 15 is 0 Å². The highest BCUT2D eigenvalue weighted by Crippen LogP contribution is 2.31. The van der Waals surface area contributed by atoms with Crippen LogP contribution in [0, 0.1) is 13.8 Å². The van der Waals surface area contributed by atoms with Gasteiger partial charge in [-0.25, -0.2) is 8.42 Å². The first-order valence-electron chi connectivity index (χ1n) is 10.3. The Morgan fingerprint density at radius 3 is 2.34 bits per heavy atom. The minimum atomic E-state index is -4.40. The van der Waals surface area contributed by atoms with Gasteiger partial charge >= 0.3 is 6.18 Å². The molecule has 7 nitrogen and oxygen atoms in total. The Hall–Kier alpha value is -2.40. The van der Waals surface area contributed by atoms with Crippen LogP contribution in [0.1, 0.15) is 48.3 Å². The number of nitrogens with zero attached hydrogens (tertiary/aromatic N) is 3. The second kappa shape index (κ2) is 9.22. The van der Waals surface area contributed by atoms with Crippen molar-refractivity contribution in [1.82, 2.24) is 14.4 Å². The molecule has 2 aromatic rings. The number of halogens is 3. The van der Waals surface area contributed by atoms with Gasteiger partial charge in [-0.3, -0.25) is 4.79 Å². The molecule has 1 atom stereocenters. The van der Waals surface area contributed by atoms with Crippen LogP contribution in [0.2, 0.25) is 0 Å². The van der Waals surface area contributed by atoms with Gasteiger partial charge in [0.25, 0.3) is 0 Å². The maximum absolute atomic E-state index is 13.0. The van der Waals surface area contributed by atoms with Crippen molar-refractivity contribution in [3.63, 3.8) is 0 Å². The summed E-state index contributed by atoms with van der Waals surface area (Å²) in [4.78, 5) is 14.5. The van der Waals surface area contributed by atoms with Crippen molar-refractivity contribution in [1.29, 1.82) is 0 Å². The number of aromatic nitrogens is 1. The molecular formula is C21H26F3N3O4S.